The van der Waals surface area contributed by atoms with E-state index in [9.17, 15) is 28.5 Å². The second-order valence-corrected chi connectivity index (χ2v) is 6.54. The minimum absolute atomic E-state index is 0.0654. The molecular formula is C19H13ClF2N4O5. The van der Waals surface area contributed by atoms with Gasteiger partial charge in [0.05, 0.1) is 9.95 Å². The van der Waals surface area contributed by atoms with Crippen LogP contribution in [0.2, 0.25) is 5.02 Å². The standard InChI is InChI=1S/C19H13ClF2N4O5/c1-10-8-15(27)17(24-25(10)13-4-2-3-5-14(13)26(29)30)18(28)23-11-6-7-16(12(20)9-11)31-19(21)22/h2-9,19H,1H3,(H,23,28). The van der Waals surface area contributed by atoms with E-state index in [-0.39, 0.29) is 33.5 Å². The van der Waals surface area contributed by atoms with E-state index in [4.69, 9.17) is 11.6 Å². The summed E-state index contributed by atoms with van der Waals surface area (Å²) in [5, 5.41) is 17.5. The first-order valence-electron chi connectivity index (χ1n) is 8.58. The number of anilines is 1. The third-order valence-electron chi connectivity index (χ3n) is 4.03. The Bertz CT molecular complexity index is 1230. The minimum atomic E-state index is -3.07. The highest BCUT2D eigenvalue weighted by molar-refractivity contribution is 6.32. The average Bonchev–Trinajstić information content (AvgIpc) is 2.69. The number of aromatic nitrogens is 2. The molecule has 0 bridgehead atoms. The maximum atomic E-state index is 12.6. The molecule has 0 aliphatic heterocycles. The molecule has 1 amide bonds. The molecule has 1 N–H and O–H groups in total. The lowest BCUT2D eigenvalue weighted by molar-refractivity contribution is -0.384. The number of para-hydroxylation sites is 2. The van der Waals surface area contributed by atoms with Crippen molar-refractivity contribution in [1.82, 2.24) is 9.78 Å². The summed E-state index contributed by atoms with van der Waals surface area (Å²) in [6.07, 6.45) is 0. The van der Waals surface area contributed by atoms with Gasteiger partial charge in [0.1, 0.15) is 11.4 Å². The fourth-order valence-corrected chi connectivity index (χ4v) is 2.93. The van der Waals surface area contributed by atoms with E-state index in [2.05, 4.69) is 15.2 Å². The van der Waals surface area contributed by atoms with Gasteiger partial charge in [-0.1, -0.05) is 23.7 Å². The van der Waals surface area contributed by atoms with Gasteiger partial charge >= 0.3 is 6.61 Å². The fraction of sp³-hybridized carbons (Fsp3) is 0.105. The van der Waals surface area contributed by atoms with Crippen LogP contribution in [0.25, 0.3) is 5.69 Å². The van der Waals surface area contributed by atoms with Gasteiger partial charge in [-0.2, -0.15) is 13.9 Å². The zero-order valence-corrected chi connectivity index (χ0v) is 16.5. The molecule has 0 atom stereocenters. The smallest absolute Gasteiger partial charge is 0.387 e. The highest BCUT2D eigenvalue weighted by Crippen LogP contribution is 2.29. The number of rotatable bonds is 6. The van der Waals surface area contributed by atoms with Crippen LogP contribution in [0, 0.1) is 17.0 Å². The number of hydrogen-bond acceptors (Lipinski definition) is 6. The molecule has 12 heteroatoms. The zero-order chi connectivity index (χ0) is 22.7. The van der Waals surface area contributed by atoms with Gasteiger partial charge < -0.3 is 10.1 Å². The lowest BCUT2D eigenvalue weighted by atomic mass is 10.2. The predicted octanol–water partition coefficient (Wildman–Crippen LogP) is 3.96. The summed E-state index contributed by atoms with van der Waals surface area (Å²) in [5.41, 5.74) is -1.09. The average molecular weight is 451 g/mol. The second kappa shape index (κ2) is 8.88. The molecule has 1 aromatic heterocycles. The third-order valence-corrected chi connectivity index (χ3v) is 4.33. The summed E-state index contributed by atoms with van der Waals surface area (Å²) in [4.78, 5) is 35.6. The van der Waals surface area contributed by atoms with Gasteiger partial charge in [-0.05, 0) is 31.2 Å². The monoisotopic (exact) mass is 450 g/mol. The van der Waals surface area contributed by atoms with Crippen molar-refractivity contribution in [2.24, 2.45) is 0 Å². The Hall–Kier alpha value is -3.86. The molecule has 0 unspecified atom stereocenters. The molecule has 160 valence electrons. The Kier molecular flexibility index (Phi) is 6.25. The molecule has 31 heavy (non-hydrogen) atoms. The van der Waals surface area contributed by atoms with E-state index >= 15 is 0 Å². The van der Waals surface area contributed by atoms with Gasteiger partial charge in [-0.15, -0.1) is 0 Å². The number of ether oxygens (including phenoxy) is 1. The zero-order valence-electron chi connectivity index (χ0n) is 15.7. The first-order chi connectivity index (χ1) is 14.7. The van der Waals surface area contributed by atoms with Gasteiger partial charge in [-0.25, -0.2) is 4.68 Å². The van der Waals surface area contributed by atoms with Crippen LogP contribution in [0.4, 0.5) is 20.2 Å². The first kappa shape index (κ1) is 21.8. The van der Waals surface area contributed by atoms with Crippen molar-refractivity contribution in [1.29, 1.82) is 0 Å². The van der Waals surface area contributed by atoms with Crippen LogP contribution in [0.1, 0.15) is 16.2 Å². The number of carbonyl (C=O) groups is 1. The quantitative estimate of drug-likeness (QED) is 0.449. The van der Waals surface area contributed by atoms with Crippen LogP contribution in [0.5, 0.6) is 5.75 Å². The van der Waals surface area contributed by atoms with Crippen LogP contribution in [0.3, 0.4) is 0 Å². The molecule has 0 spiro atoms. The summed E-state index contributed by atoms with van der Waals surface area (Å²) >= 11 is 5.85. The molecule has 9 nitrogen and oxygen atoms in total. The van der Waals surface area contributed by atoms with Crippen molar-refractivity contribution in [3.8, 4) is 11.4 Å². The van der Waals surface area contributed by atoms with Crippen molar-refractivity contribution in [2.75, 3.05) is 5.32 Å². The van der Waals surface area contributed by atoms with Crippen molar-refractivity contribution >= 4 is 28.9 Å². The largest absolute Gasteiger partial charge is 0.433 e. The highest BCUT2D eigenvalue weighted by Gasteiger charge is 2.20. The number of benzene rings is 2. The molecule has 0 aliphatic rings. The number of carbonyl (C=O) groups excluding carboxylic acids is 1. The van der Waals surface area contributed by atoms with Gasteiger partial charge in [0, 0.05) is 23.5 Å². The maximum absolute atomic E-state index is 12.6. The number of nitro groups is 1. The SMILES string of the molecule is Cc1cc(=O)c(C(=O)Nc2ccc(OC(F)F)c(Cl)c2)nn1-c1ccccc1[N+](=O)[O-]. The topological polar surface area (TPSA) is 116 Å². The van der Waals surface area contributed by atoms with E-state index in [1.165, 1.54) is 31.2 Å². The number of halogens is 3. The number of aryl methyl sites for hydroxylation is 1. The fourth-order valence-electron chi connectivity index (χ4n) is 2.71. The van der Waals surface area contributed by atoms with E-state index < -0.39 is 28.6 Å². The Balaban J connectivity index is 1.96. The Morgan fingerprint density at radius 3 is 2.61 bits per heavy atom. The maximum Gasteiger partial charge on any atom is 0.387 e. The highest BCUT2D eigenvalue weighted by atomic mass is 35.5. The number of hydrogen-bond donors (Lipinski definition) is 1. The molecule has 3 aromatic rings. The molecule has 3 rings (SSSR count). The molecule has 0 saturated carbocycles. The summed E-state index contributed by atoms with van der Waals surface area (Å²) in [5.74, 6) is -1.21. The van der Waals surface area contributed by atoms with Gasteiger partial charge in [0.15, 0.2) is 5.69 Å². The predicted molar refractivity (Wildman–Crippen MR) is 107 cm³/mol. The van der Waals surface area contributed by atoms with E-state index in [1.807, 2.05) is 0 Å². The van der Waals surface area contributed by atoms with Crippen molar-refractivity contribution in [3.63, 3.8) is 0 Å². The third kappa shape index (κ3) is 4.83. The normalized spacial score (nSPS) is 10.7. The number of alkyl halides is 2. The van der Waals surface area contributed by atoms with Crippen LogP contribution in [0.15, 0.2) is 53.3 Å². The van der Waals surface area contributed by atoms with Crippen molar-refractivity contribution < 1.29 is 23.2 Å². The summed E-state index contributed by atoms with van der Waals surface area (Å²) in [6.45, 7) is -1.57. The number of amides is 1. The van der Waals surface area contributed by atoms with E-state index in [0.29, 0.717) is 0 Å². The van der Waals surface area contributed by atoms with Crippen LogP contribution >= 0.6 is 11.6 Å². The summed E-state index contributed by atoms with van der Waals surface area (Å²) in [7, 11) is 0. The van der Waals surface area contributed by atoms with Gasteiger partial charge in [0.25, 0.3) is 11.6 Å². The Morgan fingerprint density at radius 2 is 1.97 bits per heavy atom. The Labute approximate surface area is 178 Å². The number of nitrogens with zero attached hydrogens (tertiary/aromatic N) is 3. The van der Waals surface area contributed by atoms with Crippen molar-refractivity contribution in [3.05, 3.63) is 85.3 Å². The summed E-state index contributed by atoms with van der Waals surface area (Å²) in [6, 6.07) is 10.3. The van der Waals surface area contributed by atoms with Crippen LogP contribution in [-0.2, 0) is 0 Å². The van der Waals surface area contributed by atoms with Crippen LogP contribution in [-0.4, -0.2) is 27.2 Å². The lowest BCUT2D eigenvalue weighted by Gasteiger charge is -2.12. The second-order valence-electron chi connectivity index (χ2n) is 6.13. The number of nitrogens with one attached hydrogen (secondary N) is 1. The van der Waals surface area contributed by atoms with E-state index in [0.717, 1.165) is 22.9 Å². The number of nitro benzene ring substituents is 1. The molecule has 0 saturated heterocycles. The van der Waals surface area contributed by atoms with Crippen LogP contribution < -0.4 is 15.5 Å². The molecule has 0 aliphatic carbocycles. The first-order valence-corrected chi connectivity index (χ1v) is 8.95. The van der Waals surface area contributed by atoms with Gasteiger partial charge in [-0.3, -0.25) is 19.7 Å². The molecule has 1 heterocycles. The lowest BCUT2D eigenvalue weighted by Crippen LogP contribution is -2.27. The van der Waals surface area contributed by atoms with Gasteiger partial charge in [0.2, 0.25) is 5.43 Å². The Morgan fingerprint density at radius 1 is 1.26 bits per heavy atom. The van der Waals surface area contributed by atoms with Crippen molar-refractivity contribution in [2.45, 2.75) is 13.5 Å². The molecule has 0 radical (unpaired) electrons. The molecular weight excluding hydrogens is 438 g/mol. The molecule has 2 aromatic carbocycles. The minimum Gasteiger partial charge on any atom is -0.433 e. The summed E-state index contributed by atoms with van der Waals surface area (Å²) < 4.78 is 30.0. The molecule has 0 fully saturated rings. The van der Waals surface area contributed by atoms with E-state index in [1.54, 1.807) is 6.07 Å².